The van der Waals surface area contributed by atoms with E-state index < -0.39 is 11.8 Å². The molecule has 0 unspecified atom stereocenters. The average Bonchev–Trinajstić information content (AvgIpc) is 2.27. The summed E-state index contributed by atoms with van der Waals surface area (Å²) in [4.78, 5) is 25.6. The summed E-state index contributed by atoms with van der Waals surface area (Å²) in [5.74, 6) is -1.10. The molecule has 4 heteroatoms. The predicted molar refractivity (Wildman–Crippen MR) is 76.9 cm³/mol. The molecule has 19 heavy (non-hydrogen) atoms. The maximum atomic E-state index is 12.1. The van der Waals surface area contributed by atoms with E-state index in [4.69, 9.17) is 0 Å². The molecule has 0 bridgehead atoms. The van der Waals surface area contributed by atoms with E-state index in [1.54, 1.807) is 11.0 Å². The van der Waals surface area contributed by atoms with Gasteiger partial charge in [0.15, 0.2) is 0 Å². The number of aryl methyl sites for hydroxylation is 1. The maximum Gasteiger partial charge on any atom is 0.313 e. The highest BCUT2D eigenvalue weighted by Crippen LogP contribution is 2.14. The zero-order valence-electron chi connectivity index (χ0n) is 12.3. The molecular weight excluding hydrogens is 240 g/mol. The van der Waals surface area contributed by atoms with Crippen molar-refractivity contribution in [1.82, 2.24) is 4.90 Å². The van der Waals surface area contributed by atoms with E-state index in [0.717, 1.165) is 5.56 Å². The average molecular weight is 262 g/mol. The van der Waals surface area contributed by atoms with E-state index >= 15 is 0 Å². The number of hydrogen-bond acceptors (Lipinski definition) is 2. The van der Waals surface area contributed by atoms with Crippen molar-refractivity contribution in [2.75, 3.05) is 11.9 Å². The number of amides is 2. The summed E-state index contributed by atoms with van der Waals surface area (Å²) in [6, 6.07) is 7.38. The van der Waals surface area contributed by atoms with Gasteiger partial charge >= 0.3 is 11.8 Å². The molecule has 0 saturated carbocycles. The van der Waals surface area contributed by atoms with Crippen molar-refractivity contribution in [3.8, 4) is 0 Å². The first-order chi connectivity index (χ1) is 8.75. The topological polar surface area (TPSA) is 49.4 Å². The Morgan fingerprint density at radius 3 is 2.37 bits per heavy atom. The lowest BCUT2D eigenvalue weighted by molar-refractivity contribution is -0.146. The molecule has 1 aromatic rings. The Morgan fingerprint density at radius 1 is 1.26 bits per heavy atom. The quantitative estimate of drug-likeness (QED) is 0.833. The zero-order valence-corrected chi connectivity index (χ0v) is 12.3. The van der Waals surface area contributed by atoms with Crippen molar-refractivity contribution >= 4 is 17.5 Å². The highest BCUT2D eigenvalue weighted by Gasteiger charge is 2.29. The van der Waals surface area contributed by atoms with Crippen LogP contribution in [0.5, 0.6) is 0 Å². The molecule has 0 aliphatic carbocycles. The summed E-state index contributed by atoms with van der Waals surface area (Å²) < 4.78 is 0. The van der Waals surface area contributed by atoms with Crippen molar-refractivity contribution in [2.24, 2.45) is 0 Å². The molecule has 2 amide bonds. The molecule has 0 radical (unpaired) electrons. The van der Waals surface area contributed by atoms with Crippen molar-refractivity contribution in [3.63, 3.8) is 0 Å². The fraction of sp³-hybridized carbons (Fsp3) is 0.467. The number of nitrogens with one attached hydrogen (secondary N) is 1. The Labute approximate surface area is 114 Å². The Hall–Kier alpha value is -1.84. The number of carbonyl (C=O) groups excluding carboxylic acids is 2. The number of benzene rings is 1. The van der Waals surface area contributed by atoms with Crippen LogP contribution in [0.3, 0.4) is 0 Å². The van der Waals surface area contributed by atoms with E-state index in [9.17, 15) is 9.59 Å². The predicted octanol–water partition coefficient (Wildman–Crippen LogP) is 2.58. The molecular formula is C15H22N2O2. The lowest BCUT2D eigenvalue weighted by Gasteiger charge is -2.34. The van der Waals surface area contributed by atoms with Gasteiger partial charge in [-0.05, 0) is 52.3 Å². The van der Waals surface area contributed by atoms with Gasteiger partial charge in [-0.15, -0.1) is 0 Å². The van der Waals surface area contributed by atoms with E-state index in [0.29, 0.717) is 12.2 Å². The number of hydrogen-bond donors (Lipinski definition) is 1. The van der Waals surface area contributed by atoms with Crippen molar-refractivity contribution in [3.05, 3.63) is 29.8 Å². The minimum Gasteiger partial charge on any atom is -0.330 e. The highest BCUT2D eigenvalue weighted by molar-refractivity contribution is 6.39. The van der Waals surface area contributed by atoms with Crippen LogP contribution in [0.25, 0.3) is 0 Å². The third-order valence-corrected chi connectivity index (χ3v) is 2.84. The van der Waals surface area contributed by atoms with Crippen LogP contribution >= 0.6 is 0 Å². The standard InChI is InChI=1S/C15H22N2O2/c1-6-17(15(3,4)5)14(19)13(18)16-12-9-7-8-11(2)10-12/h7-10H,6H2,1-5H3,(H,16,18). The Kier molecular flexibility index (Phi) is 4.70. The second kappa shape index (κ2) is 5.87. The lowest BCUT2D eigenvalue weighted by atomic mass is 10.1. The largest absolute Gasteiger partial charge is 0.330 e. The lowest BCUT2D eigenvalue weighted by Crippen LogP contribution is -2.49. The monoisotopic (exact) mass is 262 g/mol. The fourth-order valence-electron chi connectivity index (χ4n) is 1.95. The van der Waals surface area contributed by atoms with Gasteiger partial charge in [0.2, 0.25) is 0 Å². The molecule has 104 valence electrons. The van der Waals surface area contributed by atoms with Crippen LogP contribution in [-0.4, -0.2) is 28.8 Å². The summed E-state index contributed by atoms with van der Waals surface area (Å²) in [5.41, 5.74) is 1.31. The van der Waals surface area contributed by atoms with Gasteiger partial charge in [-0.1, -0.05) is 12.1 Å². The minimum absolute atomic E-state index is 0.365. The van der Waals surface area contributed by atoms with E-state index in [1.165, 1.54) is 0 Å². The van der Waals surface area contributed by atoms with Crippen LogP contribution in [0.1, 0.15) is 33.3 Å². The number of carbonyl (C=O) groups is 2. The Bertz CT molecular complexity index is 475. The molecule has 1 N–H and O–H groups in total. The molecule has 0 aliphatic heterocycles. The molecule has 0 atom stereocenters. The number of anilines is 1. The van der Waals surface area contributed by atoms with Gasteiger partial charge in [0.25, 0.3) is 0 Å². The van der Waals surface area contributed by atoms with Gasteiger partial charge in [-0.25, -0.2) is 0 Å². The van der Waals surface area contributed by atoms with Crippen LogP contribution in [0.15, 0.2) is 24.3 Å². The van der Waals surface area contributed by atoms with E-state index in [1.807, 2.05) is 52.8 Å². The summed E-state index contributed by atoms with van der Waals surface area (Å²) in [7, 11) is 0. The maximum absolute atomic E-state index is 12.1. The van der Waals surface area contributed by atoms with Crippen LogP contribution in [0.2, 0.25) is 0 Å². The molecule has 4 nitrogen and oxygen atoms in total. The molecule has 0 spiro atoms. The molecule has 0 aromatic heterocycles. The third kappa shape index (κ3) is 4.09. The summed E-state index contributed by atoms with van der Waals surface area (Å²) in [6.45, 7) is 10.0. The number of rotatable bonds is 2. The minimum atomic E-state index is -0.595. The Balaban J connectivity index is 2.80. The SMILES string of the molecule is CCN(C(=O)C(=O)Nc1cccc(C)c1)C(C)(C)C. The zero-order chi connectivity index (χ0) is 14.6. The smallest absolute Gasteiger partial charge is 0.313 e. The second-order valence-corrected chi connectivity index (χ2v) is 5.54. The van der Waals surface area contributed by atoms with Gasteiger partial charge in [0, 0.05) is 17.8 Å². The molecule has 1 rings (SSSR count). The van der Waals surface area contributed by atoms with Crippen molar-refractivity contribution in [1.29, 1.82) is 0 Å². The first-order valence-corrected chi connectivity index (χ1v) is 6.45. The summed E-state index contributed by atoms with van der Waals surface area (Å²) in [5, 5.41) is 2.64. The molecule has 0 fully saturated rings. The molecule has 0 saturated heterocycles. The van der Waals surface area contributed by atoms with Gasteiger partial charge < -0.3 is 10.2 Å². The van der Waals surface area contributed by atoms with Crippen LogP contribution < -0.4 is 5.32 Å². The van der Waals surface area contributed by atoms with Gasteiger partial charge in [0.05, 0.1) is 0 Å². The van der Waals surface area contributed by atoms with Crippen molar-refractivity contribution < 1.29 is 9.59 Å². The van der Waals surface area contributed by atoms with Gasteiger partial charge in [0.1, 0.15) is 0 Å². The molecule has 0 heterocycles. The van der Waals surface area contributed by atoms with E-state index in [-0.39, 0.29) is 5.54 Å². The van der Waals surface area contributed by atoms with Crippen molar-refractivity contribution in [2.45, 2.75) is 40.2 Å². The van der Waals surface area contributed by atoms with Crippen LogP contribution in [0, 0.1) is 6.92 Å². The van der Waals surface area contributed by atoms with Crippen LogP contribution in [-0.2, 0) is 9.59 Å². The van der Waals surface area contributed by atoms with Gasteiger partial charge in [-0.3, -0.25) is 9.59 Å². The summed E-state index contributed by atoms with van der Waals surface area (Å²) >= 11 is 0. The fourth-order valence-corrected chi connectivity index (χ4v) is 1.95. The first-order valence-electron chi connectivity index (χ1n) is 6.45. The second-order valence-electron chi connectivity index (χ2n) is 5.54. The summed E-state index contributed by atoms with van der Waals surface area (Å²) in [6.07, 6.45) is 0. The third-order valence-electron chi connectivity index (χ3n) is 2.84. The van der Waals surface area contributed by atoms with Gasteiger partial charge in [-0.2, -0.15) is 0 Å². The number of nitrogens with zero attached hydrogens (tertiary/aromatic N) is 1. The molecule has 1 aromatic carbocycles. The Morgan fingerprint density at radius 2 is 1.89 bits per heavy atom. The normalized spacial score (nSPS) is 11.0. The first kappa shape index (κ1) is 15.2. The van der Waals surface area contributed by atoms with E-state index in [2.05, 4.69) is 5.32 Å². The number of likely N-dealkylation sites (N-methyl/N-ethyl adjacent to an activating group) is 1. The highest BCUT2D eigenvalue weighted by atomic mass is 16.2. The molecule has 0 aliphatic rings. The van der Waals surface area contributed by atoms with Crippen LogP contribution in [0.4, 0.5) is 5.69 Å².